The second-order valence-electron chi connectivity index (χ2n) is 8.47. The van der Waals surface area contributed by atoms with Crippen molar-refractivity contribution in [1.29, 1.82) is 0 Å². The van der Waals surface area contributed by atoms with Gasteiger partial charge in [-0.3, -0.25) is 9.13 Å². The molecule has 0 amide bonds. The maximum absolute atomic E-state index is 13.4. The molecule has 2 heterocycles. The molecule has 1 aromatic heterocycles. The summed E-state index contributed by atoms with van der Waals surface area (Å²) in [6.45, 7) is 12.0. The zero-order valence-electron chi connectivity index (χ0n) is 18.5. The van der Waals surface area contributed by atoms with Gasteiger partial charge in [0.1, 0.15) is 5.49 Å². The highest BCUT2D eigenvalue weighted by molar-refractivity contribution is 5.67. The van der Waals surface area contributed by atoms with Crippen LogP contribution in [0.1, 0.15) is 33.4 Å². The van der Waals surface area contributed by atoms with Gasteiger partial charge in [0, 0.05) is 31.3 Å². The number of aromatic nitrogens is 2. The number of rotatable bonds is 3. The van der Waals surface area contributed by atoms with E-state index in [1.807, 2.05) is 4.57 Å². The molecular formula is C25H30N4O. The van der Waals surface area contributed by atoms with Gasteiger partial charge in [-0.05, 0) is 74.9 Å². The second-order valence-corrected chi connectivity index (χ2v) is 8.47. The van der Waals surface area contributed by atoms with E-state index < -0.39 is 0 Å². The third-order valence-corrected chi connectivity index (χ3v) is 6.11. The van der Waals surface area contributed by atoms with E-state index in [0.717, 1.165) is 34.5 Å². The first-order valence-corrected chi connectivity index (χ1v) is 10.6. The topological polar surface area (TPSA) is 65.3 Å². The molecule has 2 N–H and O–H groups in total. The summed E-state index contributed by atoms with van der Waals surface area (Å²) in [6.07, 6.45) is 0.860. The number of nitrogens with two attached hydrogens (primary N) is 1. The molecule has 0 spiro atoms. The molecule has 156 valence electrons. The molecule has 4 rings (SSSR count). The van der Waals surface area contributed by atoms with Crippen molar-refractivity contribution < 1.29 is 0 Å². The average Bonchev–Trinajstić information content (AvgIpc) is 2.68. The van der Waals surface area contributed by atoms with E-state index in [-0.39, 0.29) is 5.69 Å². The molecule has 1 aliphatic rings. The zero-order chi connectivity index (χ0) is 21.6. The minimum atomic E-state index is -0.0389. The molecule has 0 radical (unpaired) electrons. The van der Waals surface area contributed by atoms with Crippen LogP contribution in [0.4, 0.5) is 5.69 Å². The summed E-state index contributed by atoms with van der Waals surface area (Å²) < 4.78 is 3.59. The highest BCUT2D eigenvalue weighted by Crippen LogP contribution is 2.30. The maximum Gasteiger partial charge on any atom is 0.330 e. The molecule has 1 aliphatic heterocycles. The predicted molar refractivity (Wildman–Crippen MR) is 122 cm³/mol. The maximum atomic E-state index is 13.4. The standard InChI is InChI=1S/C25H30N4O/c1-15-10-18(4)24(19(5)11-15)27-23-14-22-21-13-17(3)16(2)12-20(21)6-8-28(22)25(30)29(23)9-7-26/h10-14H,6-9,26H2,1-5H3/b27-23+. The molecule has 5 heteroatoms. The summed E-state index contributed by atoms with van der Waals surface area (Å²) in [5.74, 6) is 0. The van der Waals surface area contributed by atoms with Gasteiger partial charge in [0.05, 0.1) is 11.4 Å². The lowest BCUT2D eigenvalue weighted by Gasteiger charge is -2.24. The van der Waals surface area contributed by atoms with Crippen LogP contribution in [0.5, 0.6) is 0 Å². The van der Waals surface area contributed by atoms with Crippen molar-refractivity contribution >= 4 is 5.69 Å². The number of hydrogen-bond acceptors (Lipinski definition) is 3. The summed E-state index contributed by atoms with van der Waals surface area (Å²) >= 11 is 0. The fourth-order valence-corrected chi connectivity index (χ4v) is 4.51. The van der Waals surface area contributed by atoms with Crippen LogP contribution in [0.2, 0.25) is 0 Å². The van der Waals surface area contributed by atoms with Crippen LogP contribution in [-0.4, -0.2) is 15.7 Å². The van der Waals surface area contributed by atoms with E-state index in [1.165, 1.54) is 22.3 Å². The van der Waals surface area contributed by atoms with Gasteiger partial charge in [-0.15, -0.1) is 0 Å². The molecule has 0 atom stereocenters. The molecular weight excluding hydrogens is 372 g/mol. The number of aryl methyl sites for hydroxylation is 6. The quantitative estimate of drug-likeness (QED) is 0.727. The Hall–Kier alpha value is -2.92. The van der Waals surface area contributed by atoms with E-state index >= 15 is 0 Å². The van der Waals surface area contributed by atoms with E-state index in [2.05, 4.69) is 65.0 Å². The first-order valence-electron chi connectivity index (χ1n) is 10.6. The van der Waals surface area contributed by atoms with E-state index in [0.29, 0.717) is 25.1 Å². The van der Waals surface area contributed by atoms with Crippen LogP contribution in [0.25, 0.3) is 11.3 Å². The highest BCUT2D eigenvalue weighted by atomic mass is 16.1. The fourth-order valence-electron chi connectivity index (χ4n) is 4.51. The fraction of sp³-hybridized carbons (Fsp3) is 0.360. The summed E-state index contributed by atoms with van der Waals surface area (Å²) in [6, 6.07) is 10.8. The lowest BCUT2D eigenvalue weighted by molar-refractivity contribution is 0.547. The van der Waals surface area contributed by atoms with Crippen molar-refractivity contribution in [3.05, 3.63) is 79.7 Å². The van der Waals surface area contributed by atoms with Crippen molar-refractivity contribution in [2.24, 2.45) is 10.7 Å². The van der Waals surface area contributed by atoms with Crippen molar-refractivity contribution in [2.75, 3.05) is 6.54 Å². The SMILES string of the molecule is Cc1cc(C)c(/N=c2\cc3n(c(=O)n2CCN)CCc2cc(C)c(C)cc2-3)c(C)c1. The summed E-state index contributed by atoms with van der Waals surface area (Å²) in [5, 5.41) is 0. The first kappa shape index (κ1) is 20.4. The van der Waals surface area contributed by atoms with Gasteiger partial charge in [0.2, 0.25) is 0 Å². The van der Waals surface area contributed by atoms with Crippen molar-refractivity contribution in [1.82, 2.24) is 9.13 Å². The van der Waals surface area contributed by atoms with Gasteiger partial charge in [-0.2, -0.15) is 0 Å². The number of nitrogens with zero attached hydrogens (tertiary/aromatic N) is 3. The Bertz CT molecular complexity index is 1250. The van der Waals surface area contributed by atoms with Crippen LogP contribution in [0.15, 0.2) is 40.1 Å². The minimum Gasteiger partial charge on any atom is -0.329 e. The Morgan fingerprint density at radius 1 is 0.933 bits per heavy atom. The monoisotopic (exact) mass is 402 g/mol. The van der Waals surface area contributed by atoms with Crippen molar-refractivity contribution in [3.63, 3.8) is 0 Å². The van der Waals surface area contributed by atoms with Gasteiger partial charge in [0.15, 0.2) is 0 Å². The minimum absolute atomic E-state index is 0.0389. The number of benzene rings is 2. The molecule has 0 saturated carbocycles. The van der Waals surface area contributed by atoms with Crippen LogP contribution in [0.3, 0.4) is 0 Å². The molecule has 0 unspecified atom stereocenters. The predicted octanol–water partition coefficient (Wildman–Crippen LogP) is 3.61. The zero-order valence-corrected chi connectivity index (χ0v) is 18.5. The van der Waals surface area contributed by atoms with Crippen LogP contribution in [0, 0.1) is 34.6 Å². The van der Waals surface area contributed by atoms with Crippen molar-refractivity contribution in [3.8, 4) is 11.3 Å². The van der Waals surface area contributed by atoms with Gasteiger partial charge in [-0.25, -0.2) is 9.79 Å². The largest absolute Gasteiger partial charge is 0.330 e. The van der Waals surface area contributed by atoms with Gasteiger partial charge in [0.25, 0.3) is 0 Å². The van der Waals surface area contributed by atoms with E-state index in [1.54, 1.807) is 4.57 Å². The lowest BCUT2D eigenvalue weighted by atomic mass is 9.93. The van der Waals surface area contributed by atoms with E-state index in [4.69, 9.17) is 10.7 Å². The Labute approximate surface area is 177 Å². The molecule has 0 aliphatic carbocycles. The molecule has 3 aromatic rings. The van der Waals surface area contributed by atoms with Crippen molar-refractivity contribution in [2.45, 2.75) is 54.1 Å². The second kappa shape index (κ2) is 7.73. The molecule has 5 nitrogen and oxygen atoms in total. The highest BCUT2D eigenvalue weighted by Gasteiger charge is 2.20. The smallest absolute Gasteiger partial charge is 0.329 e. The number of hydrogen-bond donors (Lipinski definition) is 1. The summed E-state index contributed by atoms with van der Waals surface area (Å²) in [7, 11) is 0. The van der Waals surface area contributed by atoms with Crippen LogP contribution >= 0.6 is 0 Å². The Morgan fingerprint density at radius 2 is 1.60 bits per heavy atom. The molecule has 2 aromatic carbocycles. The number of fused-ring (bicyclic) bond motifs is 3. The third-order valence-electron chi connectivity index (χ3n) is 6.11. The molecule has 0 bridgehead atoms. The Morgan fingerprint density at radius 3 is 2.27 bits per heavy atom. The summed E-state index contributed by atoms with van der Waals surface area (Å²) in [4.78, 5) is 18.4. The normalized spacial score (nSPS) is 13.3. The molecule has 0 saturated heterocycles. The van der Waals surface area contributed by atoms with E-state index in [9.17, 15) is 4.79 Å². The van der Waals surface area contributed by atoms with Gasteiger partial charge >= 0.3 is 5.69 Å². The molecule has 0 fully saturated rings. The first-order chi connectivity index (χ1) is 14.3. The van der Waals surface area contributed by atoms with Crippen LogP contribution in [-0.2, 0) is 19.5 Å². The summed E-state index contributed by atoms with van der Waals surface area (Å²) in [5.41, 5.74) is 16.7. The average molecular weight is 403 g/mol. The van der Waals surface area contributed by atoms with Crippen LogP contribution < -0.4 is 16.9 Å². The Kier molecular flexibility index (Phi) is 5.24. The van der Waals surface area contributed by atoms with Gasteiger partial charge < -0.3 is 5.73 Å². The van der Waals surface area contributed by atoms with Gasteiger partial charge in [-0.1, -0.05) is 23.8 Å². The Balaban J connectivity index is 2.04. The molecule has 30 heavy (non-hydrogen) atoms. The third kappa shape index (κ3) is 3.43. The lowest BCUT2D eigenvalue weighted by Crippen LogP contribution is -2.43.